The van der Waals surface area contributed by atoms with Crippen molar-refractivity contribution in [1.29, 1.82) is 0 Å². The smallest absolute Gasteiger partial charge is 0.143 e. The summed E-state index contributed by atoms with van der Waals surface area (Å²) >= 11 is 0. The van der Waals surface area contributed by atoms with Crippen LogP contribution in [0.4, 0.5) is 17.1 Å². The molecule has 0 aliphatic rings. The average molecular weight is 677 g/mol. The van der Waals surface area contributed by atoms with Crippen LogP contribution >= 0.6 is 0 Å². The number of para-hydroxylation sites is 3. The Morgan fingerprint density at radius 3 is 1.51 bits per heavy atom. The van der Waals surface area contributed by atoms with E-state index in [1.54, 1.807) is 0 Å². The summed E-state index contributed by atoms with van der Waals surface area (Å²) in [6.07, 6.45) is 0. The van der Waals surface area contributed by atoms with E-state index in [-0.39, 0.29) is 0 Å². The molecular formula is C50H32N2O. The molecule has 3 nitrogen and oxygen atoms in total. The Hall–Kier alpha value is -7.10. The highest BCUT2D eigenvalue weighted by Gasteiger charge is 2.19. The lowest BCUT2D eigenvalue weighted by molar-refractivity contribution is 0.670. The number of fused-ring (bicyclic) bond motifs is 8. The monoisotopic (exact) mass is 676 g/mol. The fourth-order valence-electron chi connectivity index (χ4n) is 8.22. The predicted octanol–water partition coefficient (Wildman–Crippen LogP) is 14.1. The van der Waals surface area contributed by atoms with E-state index < -0.39 is 0 Å². The second-order valence-electron chi connectivity index (χ2n) is 13.8. The number of benzene rings is 9. The quantitative estimate of drug-likeness (QED) is 0.181. The van der Waals surface area contributed by atoms with Gasteiger partial charge in [-0.05, 0) is 93.8 Å². The first-order chi connectivity index (χ1) is 26.3. The van der Waals surface area contributed by atoms with E-state index in [0.29, 0.717) is 0 Å². The zero-order valence-corrected chi connectivity index (χ0v) is 28.8. The van der Waals surface area contributed by atoms with Crippen LogP contribution in [0.3, 0.4) is 0 Å². The van der Waals surface area contributed by atoms with E-state index in [2.05, 4.69) is 198 Å². The number of aromatic nitrogens is 1. The molecule has 53 heavy (non-hydrogen) atoms. The minimum absolute atomic E-state index is 0.888. The molecule has 248 valence electrons. The molecule has 11 aromatic rings. The van der Waals surface area contributed by atoms with Crippen molar-refractivity contribution in [3.63, 3.8) is 0 Å². The fourth-order valence-corrected chi connectivity index (χ4v) is 8.22. The fraction of sp³-hybridized carbons (Fsp3) is 0. The molecular weight excluding hydrogens is 645 g/mol. The molecule has 0 saturated heterocycles. The highest BCUT2D eigenvalue weighted by atomic mass is 16.3. The van der Waals surface area contributed by atoms with Gasteiger partial charge < -0.3 is 13.9 Å². The van der Waals surface area contributed by atoms with Gasteiger partial charge in [-0.2, -0.15) is 0 Å². The predicted molar refractivity (Wildman–Crippen MR) is 223 cm³/mol. The SMILES string of the molecule is c1ccc2cc(N(c3ccc(-c4cc(-n5c6ccccc6c6ccccc65)cc5c4oc4ccccc45)cc3)c3ccc4ccccc4c3)ccc2c1. The Bertz CT molecular complexity index is 3050. The largest absolute Gasteiger partial charge is 0.455 e. The van der Waals surface area contributed by atoms with Crippen molar-refractivity contribution in [2.75, 3.05) is 4.90 Å². The molecule has 0 unspecified atom stereocenters. The van der Waals surface area contributed by atoms with Gasteiger partial charge in [-0.1, -0.05) is 127 Å². The zero-order chi connectivity index (χ0) is 34.9. The van der Waals surface area contributed by atoms with Crippen molar-refractivity contribution in [2.45, 2.75) is 0 Å². The summed E-state index contributed by atoms with van der Waals surface area (Å²) in [5.41, 5.74) is 10.7. The van der Waals surface area contributed by atoms with E-state index in [4.69, 9.17) is 4.42 Å². The van der Waals surface area contributed by atoms with Gasteiger partial charge in [0.2, 0.25) is 0 Å². The van der Waals surface area contributed by atoms with Gasteiger partial charge in [0, 0.05) is 49.9 Å². The van der Waals surface area contributed by atoms with Gasteiger partial charge in [-0.15, -0.1) is 0 Å². The lowest BCUT2D eigenvalue weighted by Crippen LogP contribution is -2.09. The Kier molecular flexibility index (Phi) is 6.55. The Morgan fingerprint density at radius 2 is 0.887 bits per heavy atom. The van der Waals surface area contributed by atoms with Crippen molar-refractivity contribution >= 4 is 82.4 Å². The Morgan fingerprint density at radius 1 is 0.377 bits per heavy atom. The maximum absolute atomic E-state index is 6.66. The summed E-state index contributed by atoms with van der Waals surface area (Å²) in [6, 6.07) is 69.8. The molecule has 0 radical (unpaired) electrons. The van der Waals surface area contributed by atoms with E-state index >= 15 is 0 Å². The van der Waals surface area contributed by atoms with E-state index in [1.165, 1.54) is 43.4 Å². The molecule has 0 fully saturated rings. The highest BCUT2D eigenvalue weighted by Crippen LogP contribution is 2.42. The molecule has 0 saturated carbocycles. The summed E-state index contributed by atoms with van der Waals surface area (Å²) in [5, 5.41) is 9.58. The maximum Gasteiger partial charge on any atom is 0.143 e. The summed E-state index contributed by atoms with van der Waals surface area (Å²) < 4.78 is 9.06. The number of nitrogens with zero attached hydrogens (tertiary/aromatic N) is 2. The molecule has 3 heteroatoms. The van der Waals surface area contributed by atoms with Gasteiger partial charge in [-0.25, -0.2) is 0 Å². The van der Waals surface area contributed by atoms with Crippen LogP contribution in [0.15, 0.2) is 199 Å². The molecule has 0 aliphatic heterocycles. The summed E-state index contributed by atoms with van der Waals surface area (Å²) in [6.45, 7) is 0. The molecule has 0 atom stereocenters. The van der Waals surface area contributed by atoms with Crippen molar-refractivity contribution in [3.05, 3.63) is 194 Å². The number of anilines is 3. The van der Waals surface area contributed by atoms with Crippen molar-refractivity contribution in [3.8, 4) is 16.8 Å². The van der Waals surface area contributed by atoms with Gasteiger partial charge in [0.05, 0.1) is 11.0 Å². The maximum atomic E-state index is 6.66. The van der Waals surface area contributed by atoms with Gasteiger partial charge in [0.25, 0.3) is 0 Å². The number of hydrogen-bond acceptors (Lipinski definition) is 2. The van der Waals surface area contributed by atoms with Crippen LogP contribution in [0, 0.1) is 0 Å². The molecule has 0 spiro atoms. The van der Waals surface area contributed by atoms with Gasteiger partial charge in [-0.3, -0.25) is 0 Å². The van der Waals surface area contributed by atoms with Crippen LogP contribution in [0.1, 0.15) is 0 Å². The Balaban J connectivity index is 1.11. The number of hydrogen-bond donors (Lipinski definition) is 0. The topological polar surface area (TPSA) is 21.3 Å². The van der Waals surface area contributed by atoms with Gasteiger partial charge in [0.15, 0.2) is 0 Å². The molecule has 0 N–H and O–H groups in total. The van der Waals surface area contributed by atoms with E-state index in [1.807, 2.05) is 6.07 Å². The summed E-state index contributed by atoms with van der Waals surface area (Å²) in [4.78, 5) is 2.36. The first kappa shape index (κ1) is 29.6. The molecule has 0 aliphatic carbocycles. The van der Waals surface area contributed by atoms with Crippen LogP contribution in [0.25, 0.3) is 82.1 Å². The average Bonchev–Trinajstić information content (AvgIpc) is 3.77. The van der Waals surface area contributed by atoms with Crippen molar-refractivity contribution < 1.29 is 4.42 Å². The van der Waals surface area contributed by atoms with Crippen LogP contribution in [-0.2, 0) is 0 Å². The molecule has 11 rings (SSSR count). The zero-order valence-electron chi connectivity index (χ0n) is 28.8. The van der Waals surface area contributed by atoms with Crippen LogP contribution < -0.4 is 4.90 Å². The van der Waals surface area contributed by atoms with Crippen LogP contribution in [0.2, 0.25) is 0 Å². The lowest BCUT2D eigenvalue weighted by atomic mass is 10.00. The summed E-state index contributed by atoms with van der Waals surface area (Å²) in [7, 11) is 0. The molecule has 9 aromatic carbocycles. The number of furan rings is 1. The van der Waals surface area contributed by atoms with Crippen molar-refractivity contribution in [2.24, 2.45) is 0 Å². The normalized spacial score (nSPS) is 11.8. The molecule has 2 heterocycles. The third kappa shape index (κ3) is 4.75. The minimum atomic E-state index is 0.888. The van der Waals surface area contributed by atoms with Crippen LogP contribution in [0.5, 0.6) is 0 Å². The number of rotatable bonds is 5. The van der Waals surface area contributed by atoms with E-state index in [9.17, 15) is 0 Å². The first-order valence-electron chi connectivity index (χ1n) is 18.1. The second kappa shape index (κ2) is 11.7. The second-order valence-corrected chi connectivity index (χ2v) is 13.8. The minimum Gasteiger partial charge on any atom is -0.455 e. The van der Waals surface area contributed by atoms with Gasteiger partial charge in [0.1, 0.15) is 11.2 Å². The molecule has 0 amide bonds. The van der Waals surface area contributed by atoms with Crippen LogP contribution in [-0.4, -0.2) is 4.57 Å². The van der Waals surface area contributed by atoms with Crippen molar-refractivity contribution in [1.82, 2.24) is 4.57 Å². The van der Waals surface area contributed by atoms with Gasteiger partial charge >= 0.3 is 0 Å². The molecule has 2 aromatic heterocycles. The summed E-state index contributed by atoms with van der Waals surface area (Å²) in [5.74, 6) is 0. The lowest BCUT2D eigenvalue weighted by Gasteiger charge is -2.26. The van der Waals surface area contributed by atoms with E-state index in [0.717, 1.165) is 55.8 Å². The highest BCUT2D eigenvalue weighted by molar-refractivity contribution is 6.13. The third-order valence-corrected chi connectivity index (χ3v) is 10.7. The first-order valence-corrected chi connectivity index (χ1v) is 18.1. The third-order valence-electron chi connectivity index (χ3n) is 10.7. The standard InChI is InChI=1S/C50H32N2O/c1-3-13-36-29-39(27-21-33(36)11-1)51(40-28-22-34-12-2-4-14-37(34)30-40)38-25-23-35(24-26-38)45-31-41(32-46-44-17-7-10-20-49(44)53-50(45)46)52-47-18-8-5-15-42(47)43-16-6-9-19-48(43)52/h1-32H. The Labute approximate surface area is 306 Å². The molecule has 0 bridgehead atoms.